The fraction of sp³-hybridized carbons (Fsp3) is 0.300. The summed E-state index contributed by atoms with van der Waals surface area (Å²) >= 11 is 0. The number of amides is 2. The molecule has 1 fully saturated rings. The minimum Gasteiger partial charge on any atom is -0.341 e. The molecule has 3 N–H and O–H groups in total. The second kappa shape index (κ2) is 14.3. The molecule has 4 heterocycles. The number of hydrogen-bond donors (Lipinski definition) is 3. The van der Waals surface area contributed by atoms with E-state index >= 15 is 0 Å². The van der Waals surface area contributed by atoms with Gasteiger partial charge in [0.05, 0.1) is 19.5 Å². The number of rotatable bonds is 4. The van der Waals surface area contributed by atoms with Gasteiger partial charge in [0, 0.05) is 29.6 Å². The molecule has 2 aliphatic rings. The maximum absolute atomic E-state index is 12.4. The fourth-order valence-electron chi connectivity index (χ4n) is 4.18. The Morgan fingerprint density at radius 1 is 1.14 bits per heavy atom. The quantitative estimate of drug-likeness (QED) is 0.237. The number of nitrogens with one attached hydrogen (secondary N) is 3. The maximum Gasteiger partial charge on any atom is 0.345 e. The number of imidazole rings is 1. The lowest BCUT2D eigenvalue weighted by molar-refractivity contribution is -0.0614. The van der Waals surface area contributed by atoms with E-state index in [0.717, 1.165) is 40.4 Å². The van der Waals surface area contributed by atoms with E-state index in [1.807, 2.05) is 52.0 Å². The van der Waals surface area contributed by atoms with Gasteiger partial charge in [-0.05, 0) is 61.7 Å². The Labute approximate surface area is 242 Å². The number of pyridine rings is 1. The van der Waals surface area contributed by atoms with Gasteiger partial charge in [-0.15, -0.1) is 0 Å². The lowest BCUT2D eigenvalue weighted by Crippen LogP contribution is -2.31. The van der Waals surface area contributed by atoms with Crippen LogP contribution < -0.4 is 10.6 Å². The van der Waals surface area contributed by atoms with E-state index in [4.69, 9.17) is 4.84 Å². The Hall–Kier alpha value is -4.71. The highest BCUT2D eigenvalue weighted by atomic mass is 19.1. The third kappa shape index (κ3) is 7.52. The number of hydrogen-bond acceptors (Lipinski definition) is 7. The molecule has 1 aromatic carbocycles. The number of fused-ring (bicyclic) bond motifs is 1. The van der Waals surface area contributed by atoms with Crippen LogP contribution in [0.4, 0.5) is 30.8 Å². The molecule has 1 aliphatic heterocycles. The summed E-state index contributed by atoms with van der Waals surface area (Å²) in [5.74, 6) is 0.170. The zero-order chi connectivity index (χ0) is 30.1. The lowest BCUT2D eigenvalue weighted by atomic mass is 10.1. The van der Waals surface area contributed by atoms with E-state index in [2.05, 4.69) is 35.6 Å². The molecule has 2 amide bonds. The van der Waals surface area contributed by atoms with Crippen molar-refractivity contribution in [3.05, 3.63) is 78.3 Å². The van der Waals surface area contributed by atoms with Crippen LogP contribution in [0.25, 0.3) is 22.4 Å². The maximum atomic E-state index is 12.4. The van der Waals surface area contributed by atoms with Crippen molar-refractivity contribution in [1.82, 2.24) is 30.0 Å². The molecule has 4 aromatic rings. The Morgan fingerprint density at radius 2 is 1.98 bits per heavy atom. The number of carbonyl (C=O) groups is 1. The summed E-state index contributed by atoms with van der Waals surface area (Å²) in [5.41, 5.74) is 6.34. The van der Waals surface area contributed by atoms with Gasteiger partial charge in [-0.25, -0.2) is 38.6 Å². The first kappa shape index (κ1) is 30.3. The van der Waals surface area contributed by atoms with E-state index in [1.165, 1.54) is 23.5 Å². The Bertz CT molecular complexity index is 1580. The number of nitrogens with zero attached hydrogens (tertiary/aromatic N) is 5. The van der Waals surface area contributed by atoms with Gasteiger partial charge in [0.1, 0.15) is 35.4 Å². The molecule has 0 saturated carbocycles. The van der Waals surface area contributed by atoms with Crippen LogP contribution in [0.3, 0.4) is 0 Å². The van der Waals surface area contributed by atoms with Crippen molar-refractivity contribution in [3.8, 4) is 11.3 Å². The molecule has 1 atom stereocenters. The van der Waals surface area contributed by atoms with E-state index in [9.17, 15) is 13.6 Å². The molecular formula is C30H34F2N8O2. The van der Waals surface area contributed by atoms with Gasteiger partial charge < -0.3 is 15.6 Å². The summed E-state index contributed by atoms with van der Waals surface area (Å²) in [4.78, 5) is 38.3. The van der Waals surface area contributed by atoms with Crippen molar-refractivity contribution in [2.45, 2.75) is 46.7 Å². The van der Waals surface area contributed by atoms with E-state index < -0.39 is 12.0 Å². The lowest BCUT2D eigenvalue weighted by Gasteiger charge is -2.17. The third-order valence-electron chi connectivity index (χ3n) is 6.20. The van der Waals surface area contributed by atoms with Crippen LogP contribution in [0, 0.1) is 13.8 Å². The zero-order valence-electron chi connectivity index (χ0n) is 24.0. The standard InChI is InChI=1S/C22H22N8O2.C6H6F2.C2H6/c1-13-8-16(18-19-21(26-11-24-18)27-12-25-19)20(23-10-13)29-17-9-15(5-4-14(17)2)28-22(31)30-6-3-7-32-30;7-5-2-1-3-6(8)4-5;1-2/h4-5,8-12H,3,6-7H2,1-2H3,(H,23,29)(H,28,31)(H,24,25,26,27);1-2,4,6H,3H2;1-2H3. The normalized spacial score (nSPS) is 15.7. The van der Waals surface area contributed by atoms with Crippen molar-refractivity contribution >= 4 is 34.4 Å². The molecule has 6 rings (SSSR count). The fourth-order valence-corrected chi connectivity index (χ4v) is 4.18. The van der Waals surface area contributed by atoms with Crippen molar-refractivity contribution in [3.63, 3.8) is 0 Å². The molecule has 0 bridgehead atoms. The second-order valence-corrected chi connectivity index (χ2v) is 9.31. The first-order valence-electron chi connectivity index (χ1n) is 13.8. The van der Waals surface area contributed by atoms with Crippen LogP contribution in [0.15, 0.2) is 67.2 Å². The number of aromatic nitrogens is 5. The predicted molar refractivity (Wildman–Crippen MR) is 160 cm³/mol. The highest BCUT2D eigenvalue weighted by molar-refractivity contribution is 5.92. The number of urea groups is 1. The Kier molecular flexibility index (Phi) is 10.3. The molecule has 12 heteroatoms. The molecule has 42 heavy (non-hydrogen) atoms. The van der Waals surface area contributed by atoms with Crippen molar-refractivity contribution in [2.24, 2.45) is 0 Å². The number of carbonyl (C=O) groups excluding carboxylic acids is 1. The molecule has 3 aromatic heterocycles. The first-order valence-corrected chi connectivity index (χ1v) is 13.8. The Balaban J connectivity index is 0.000000347. The zero-order valence-corrected chi connectivity index (χ0v) is 24.0. The van der Waals surface area contributed by atoms with Crippen molar-refractivity contribution in [2.75, 3.05) is 23.8 Å². The van der Waals surface area contributed by atoms with Gasteiger partial charge in [-0.1, -0.05) is 26.0 Å². The topological polar surface area (TPSA) is 121 Å². The van der Waals surface area contributed by atoms with Crippen LogP contribution in [0.1, 0.15) is 37.8 Å². The summed E-state index contributed by atoms with van der Waals surface area (Å²) in [6.45, 7) is 9.11. The number of aryl methyl sites for hydroxylation is 2. The SMILES string of the molecule is CC.Cc1cnc(Nc2cc(NC(=O)N3CCCO3)ccc2C)c(-c2ncnc3nc[nH]c23)c1.FC1=CC(F)CC=C1. The highest BCUT2D eigenvalue weighted by Crippen LogP contribution is 2.33. The van der Waals surface area contributed by atoms with Gasteiger partial charge in [-0.2, -0.15) is 0 Å². The molecule has 1 aliphatic carbocycles. The van der Waals surface area contributed by atoms with Crippen LogP contribution in [0.5, 0.6) is 0 Å². The first-order chi connectivity index (χ1) is 20.4. The van der Waals surface area contributed by atoms with E-state index in [1.54, 1.807) is 12.5 Å². The highest BCUT2D eigenvalue weighted by Gasteiger charge is 2.20. The van der Waals surface area contributed by atoms with Crippen LogP contribution in [-0.2, 0) is 4.84 Å². The van der Waals surface area contributed by atoms with E-state index in [-0.39, 0.29) is 6.03 Å². The summed E-state index contributed by atoms with van der Waals surface area (Å²) in [6, 6.07) is 7.41. The van der Waals surface area contributed by atoms with Crippen LogP contribution in [-0.4, -0.2) is 55.3 Å². The van der Waals surface area contributed by atoms with Crippen LogP contribution in [0.2, 0.25) is 0 Å². The third-order valence-corrected chi connectivity index (χ3v) is 6.20. The smallest absolute Gasteiger partial charge is 0.341 e. The van der Waals surface area contributed by atoms with Gasteiger partial charge in [0.25, 0.3) is 0 Å². The van der Waals surface area contributed by atoms with Gasteiger partial charge in [0.15, 0.2) is 5.65 Å². The minimum atomic E-state index is -1.11. The number of allylic oxidation sites excluding steroid dienone is 4. The monoisotopic (exact) mass is 576 g/mol. The molecular weight excluding hydrogens is 542 g/mol. The molecule has 220 valence electrons. The number of aromatic amines is 1. The van der Waals surface area contributed by atoms with Gasteiger partial charge >= 0.3 is 6.03 Å². The molecule has 0 spiro atoms. The number of halogens is 2. The number of benzene rings is 1. The van der Waals surface area contributed by atoms with Crippen molar-refractivity contribution in [1.29, 1.82) is 0 Å². The van der Waals surface area contributed by atoms with Crippen LogP contribution >= 0.6 is 0 Å². The summed E-state index contributed by atoms with van der Waals surface area (Å²) < 4.78 is 24.0. The summed E-state index contributed by atoms with van der Waals surface area (Å²) in [7, 11) is 0. The average molecular weight is 577 g/mol. The molecule has 10 nitrogen and oxygen atoms in total. The second-order valence-electron chi connectivity index (χ2n) is 9.31. The van der Waals surface area contributed by atoms with Gasteiger partial charge in [-0.3, -0.25) is 4.84 Å². The number of hydroxylamine groups is 2. The molecule has 1 saturated heterocycles. The minimum absolute atomic E-state index is 0.283. The van der Waals surface area contributed by atoms with Crippen molar-refractivity contribution < 1.29 is 18.4 Å². The number of anilines is 3. The van der Waals surface area contributed by atoms with E-state index in [0.29, 0.717) is 42.4 Å². The predicted octanol–water partition coefficient (Wildman–Crippen LogP) is 7.11. The van der Waals surface area contributed by atoms with Gasteiger partial charge in [0.2, 0.25) is 0 Å². The summed E-state index contributed by atoms with van der Waals surface area (Å²) in [6.07, 6.45) is 8.65. The number of alkyl halides is 1. The number of H-pyrrole nitrogens is 1. The average Bonchev–Trinajstić information content (AvgIpc) is 3.70. The summed E-state index contributed by atoms with van der Waals surface area (Å²) in [5, 5.41) is 7.63. The Morgan fingerprint density at radius 3 is 2.69 bits per heavy atom. The molecule has 1 unspecified atom stereocenters. The molecule has 0 radical (unpaired) electrons. The largest absolute Gasteiger partial charge is 0.345 e.